The lowest BCUT2D eigenvalue weighted by atomic mass is 10.0. The fourth-order valence-electron chi connectivity index (χ4n) is 3.46. The molecule has 0 aliphatic carbocycles. The van der Waals surface area contributed by atoms with Crippen LogP contribution in [0.15, 0.2) is 65.6 Å². The summed E-state index contributed by atoms with van der Waals surface area (Å²) in [6, 6.07) is 18.3. The zero-order valence-corrected chi connectivity index (χ0v) is 12.9. The summed E-state index contributed by atoms with van der Waals surface area (Å²) >= 11 is 0. The van der Waals surface area contributed by atoms with Gasteiger partial charge in [-0.15, -0.1) is 0 Å². The van der Waals surface area contributed by atoms with Gasteiger partial charge in [0.1, 0.15) is 5.65 Å². The van der Waals surface area contributed by atoms with E-state index in [9.17, 15) is 4.79 Å². The number of likely N-dealkylation sites (tertiary alicyclic amines) is 1. The largest absolute Gasteiger partial charge is 0.291 e. The Balaban J connectivity index is 1.63. The van der Waals surface area contributed by atoms with E-state index in [4.69, 9.17) is 0 Å². The van der Waals surface area contributed by atoms with E-state index >= 15 is 0 Å². The summed E-state index contributed by atoms with van der Waals surface area (Å²) in [5, 5.41) is 0. The summed E-state index contributed by atoms with van der Waals surface area (Å²) in [6.45, 7) is 1.77. The summed E-state index contributed by atoms with van der Waals surface area (Å²) in [4.78, 5) is 19.3. The van der Waals surface area contributed by atoms with E-state index in [2.05, 4.69) is 40.2 Å². The zero-order valence-electron chi connectivity index (χ0n) is 12.9. The fourth-order valence-corrected chi connectivity index (χ4v) is 3.46. The van der Waals surface area contributed by atoms with Gasteiger partial charge in [0.05, 0.1) is 5.69 Å². The van der Waals surface area contributed by atoms with Gasteiger partial charge in [-0.3, -0.25) is 14.1 Å². The summed E-state index contributed by atoms with van der Waals surface area (Å²) in [5.41, 5.74) is 2.90. The van der Waals surface area contributed by atoms with Gasteiger partial charge in [0.15, 0.2) is 0 Å². The minimum Gasteiger partial charge on any atom is -0.291 e. The molecular weight excluding hydrogens is 286 g/mol. The van der Waals surface area contributed by atoms with Crippen molar-refractivity contribution in [3.8, 4) is 0 Å². The highest BCUT2D eigenvalue weighted by molar-refractivity contribution is 5.38. The lowest BCUT2D eigenvalue weighted by Crippen LogP contribution is -2.25. The van der Waals surface area contributed by atoms with E-state index in [0.717, 1.165) is 25.2 Å². The third kappa shape index (κ3) is 2.78. The first-order valence-electron chi connectivity index (χ1n) is 8.07. The molecule has 0 bridgehead atoms. The second-order valence-electron chi connectivity index (χ2n) is 6.05. The average molecular weight is 305 g/mol. The second-order valence-corrected chi connectivity index (χ2v) is 6.05. The molecule has 3 aromatic rings. The Labute approximate surface area is 135 Å². The number of nitrogens with zero attached hydrogens (tertiary/aromatic N) is 3. The maximum Gasteiger partial charge on any atom is 0.258 e. The Morgan fingerprint density at radius 2 is 1.91 bits per heavy atom. The fraction of sp³-hybridized carbons (Fsp3) is 0.263. The number of aromatic nitrogens is 2. The molecule has 0 spiro atoms. The number of fused-ring (bicyclic) bond motifs is 1. The predicted octanol–water partition coefficient (Wildman–Crippen LogP) is 3.03. The van der Waals surface area contributed by atoms with E-state index in [1.807, 2.05) is 18.2 Å². The van der Waals surface area contributed by atoms with Gasteiger partial charge in [0.25, 0.3) is 5.56 Å². The van der Waals surface area contributed by atoms with Gasteiger partial charge in [-0.1, -0.05) is 36.4 Å². The van der Waals surface area contributed by atoms with Gasteiger partial charge < -0.3 is 0 Å². The predicted molar refractivity (Wildman–Crippen MR) is 90.3 cm³/mol. The lowest BCUT2D eigenvalue weighted by molar-refractivity contribution is 0.245. The first-order valence-corrected chi connectivity index (χ1v) is 8.07. The Morgan fingerprint density at radius 1 is 1.09 bits per heavy atom. The van der Waals surface area contributed by atoms with Crippen molar-refractivity contribution in [3.05, 3.63) is 82.4 Å². The van der Waals surface area contributed by atoms with Gasteiger partial charge in [-0.05, 0) is 37.1 Å². The second kappa shape index (κ2) is 5.97. The molecule has 1 aliphatic rings. The van der Waals surface area contributed by atoms with Gasteiger partial charge >= 0.3 is 0 Å². The van der Waals surface area contributed by atoms with Gasteiger partial charge in [-0.25, -0.2) is 4.98 Å². The number of benzene rings is 1. The molecule has 1 unspecified atom stereocenters. The van der Waals surface area contributed by atoms with Crippen LogP contribution in [0.2, 0.25) is 0 Å². The number of pyridine rings is 1. The van der Waals surface area contributed by atoms with Crippen LogP contribution in [0.25, 0.3) is 5.65 Å². The molecule has 4 rings (SSSR count). The number of hydrogen-bond acceptors (Lipinski definition) is 3. The van der Waals surface area contributed by atoms with Crippen molar-refractivity contribution in [2.45, 2.75) is 25.4 Å². The molecule has 1 fully saturated rings. The summed E-state index contributed by atoms with van der Waals surface area (Å²) in [7, 11) is 0. The first kappa shape index (κ1) is 14.2. The highest BCUT2D eigenvalue weighted by Gasteiger charge is 2.26. The molecule has 0 saturated carbocycles. The quantitative estimate of drug-likeness (QED) is 0.746. The van der Waals surface area contributed by atoms with Crippen molar-refractivity contribution in [1.82, 2.24) is 14.3 Å². The topological polar surface area (TPSA) is 37.6 Å². The third-order valence-corrected chi connectivity index (χ3v) is 4.54. The van der Waals surface area contributed by atoms with Crippen LogP contribution < -0.4 is 5.56 Å². The van der Waals surface area contributed by atoms with Crippen LogP contribution in [0.1, 0.15) is 30.1 Å². The summed E-state index contributed by atoms with van der Waals surface area (Å²) < 4.78 is 1.59. The SMILES string of the molecule is O=c1cc(CN2CCCC2c2ccccc2)nc2ccccn12. The van der Waals surface area contributed by atoms with Crippen LogP contribution in [-0.4, -0.2) is 20.8 Å². The molecule has 0 N–H and O–H groups in total. The van der Waals surface area contributed by atoms with Crippen LogP contribution in [0.5, 0.6) is 0 Å². The Hall–Kier alpha value is -2.46. The average Bonchev–Trinajstić information content (AvgIpc) is 3.04. The smallest absolute Gasteiger partial charge is 0.258 e. The molecule has 116 valence electrons. The molecule has 23 heavy (non-hydrogen) atoms. The van der Waals surface area contributed by atoms with E-state index in [1.165, 1.54) is 12.0 Å². The van der Waals surface area contributed by atoms with Crippen molar-refractivity contribution < 1.29 is 0 Å². The monoisotopic (exact) mass is 305 g/mol. The standard InChI is InChI=1S/C19H19N3O/c23-19-13-16(20-18-10-4-5-12-22(18)19)14-21-11-6-9-17(21)15-7-2-1-3-8-15/h1-5,7-8,10,12-13,17H,6,9,11,14H2. The van der Waals surface area contributed by atoms with E-state index < -0.39 is 0 Å². The third-order valence-electron chi connectivity index (χ3n) is 4.54. The van der Waals surface area contributed by atoms with Crippen LogP contribution in [0, 0.1) is 0 Å². The molecule has 1 aliphatic heterocycles. The Kier molecular flexibility index (Phi) is 3.67. The normalized spacial score (nSPS) is 18.5. The summed E-state index contributed by atoms with van der Waals surface area (Å²) in [5.74, 6) is 0. The van der Waals surface area contributed by atoms with Crippen LogP contribution in [-0.2, 0) is 6.54 Å². The molecule has 4 nitrogen and oxygen atoms in total. The van der Waals surface area contributed by atoms with Crippen LogP contribution in [0.3, 0.4) is 0 Å². The maximum atomic E-state index is 12.2. The highest BCUT2D eigenvalue weighted by atomic mass is 16.1. The maximum absolute atomic E-state index is 12.2. The van der Waals surface area contributed by atoms with Crippen LogP contribution >= 0.6 is 0 Å². The Morgan fingerprint density at radius 3 is 2.78 bits per heavy atom. The van der Waals surface area contributed by atoms with Gasteiger partial charge in [-0.2, -0.15) is 0 Å². The van der Waals surface area contributed by atoms with Crippen molar-refractivity contribution >= 4 is 5.65 Å². The lowest BCUT2D eigenvalue weighted by Gasteiger charge is -2.24. The molecule has 3 heterocycles. The summed E-state index contributed by atoms with van der Waals surface area (Å²) in [6.07, 6.45) is 4.11. The van der Waals surface area contributed by atoms with Gasteiger partial charge in [0.2, 0.25) is 0 Å². The number of rotatable bonds is 3. The van der Waals surface area contributed by atoms with Gasteiger partial charge in [0, 0.05) is 24.8 Å². The molecule has 1 aromatic carbocycles. The highest BCUT2D eigenvalue weighted by Crippen LogP contribution is 2.32. The minimum atomic E-state index is -0.0129. The molecule has 0 radical (unpaired) electrons. The van der Waals surface area contributed by atoms with Crippen molar-refractivity contribution in [2.24, 2.45) is 0 Å². The van der Waals surface area contributed by atoms with E-state index in [-0.39, 0.29) is 5.56 Å². The molecule has 0 amide bonds. The molecular formula is C19H19N3O. The minimum absolute atomic E-state index is 0.0129. The molecule has 1 saturated heterocycles. The van der Waals surface area contributed by atoms with Crippen LogP contribution in [0.4, 0.5) is 0 Å². The van der Waals surface area contributed by atoms with E-state index in [1.54, 1.807) is 16.7 Å². The zero-order chi connectivity index (χ0) is 15.6. The van der Waals surface area contributed by atoms with E-state index in [0.29, 0.717) is 11.7 Å². The molecule has 2 aromatic heterocycles. The van der Waals surface area contributed by atoms with Crippen molar-refractivity contribution in [1.29, 1.82) is 0 Å². The van der Waals surface area contributed by atoms with Crippen molar-refractivity contribution in [2.75, 3.05) is 6.54 Å². The Bertz CT molecular complexity index is 872. The number of hydrogen-bond donors (Lipinski definition) is 0. The molecule has 4 heteroatoms. The van der Waals surface area contributed by atoms with Crippen molar-refractivity contribution in [3.63, 3.8) is 0 Å². The first-order chi connectivity index (χ1) is 11.3. The molecule has 1 atom stereocenters.